The fourth-order valence-corrected chi connectivity index (χ4v) is 3.68. The number of H-pyrrole nitrogens is 1. The van der Waals surface area contributed by atoms with Crippen LogP contribution in [0.2, 0.25) is 0 Å². The topological polar surface area (TPSA) is 110 Å². The maximum atomic E-state index is 10.1. The molecule has 3 aromatic carbocycles. The highest BCUT2D eigenvalue weighted by Crippen LogP contribution is 2.48. The first-order valence-corrected chi connectivity index (χ1v) is 8.44. The molecule has 0 radical (unpaired) electrons. The summed E-state index contributed by atoms with van der Waals surface area (Å²) in [6, 6.07) is 19.1. The van der Waals surface area contributed by atoms with E-state index in [2.05, 4.69) is 20.6 Å². The third-order valence-corrected chi connectivity index (χ3v) is 4.78. The predicted molar refractivity (Wildman–Crippen MR) is 99.8 cm³/mol. The van der Waals surface area contributed by atoms with Crippen LogP contribution >= 0.6 is 0 Å². The normalized spacial score (nSPS) is 16.2. The lowest BCUT2D eigenvalue weighted by Gasteiger charge is -2.29. The van der Waals surface area contributed by atoms with Crippen LogP contribution in [-0.4, -0.2) is 25.7 Å². The number of fused-ring (bicyclic) bond motifs is 3. The average Bonchev–Trinajstić information content (AvgIpc) is 3.21. The van der Waals surface area contributed by atoms with Crippen molar-refractivity contribution in [3.63, 3.8) is 0 Å². The fraction of sp³-hybridized carbons (Fsp3) is 0.0500. The molecule has 7 nitrogen and oxygen atoms in total. The number of tetrazole rings is 1. The van der Waals surface area contributed by atoms with Gasteiger partial charge in [0.1, 0.15) is 11.5 Å². The molecule has 2 heterocycles. The van der Waals surface area contributed by atoms with Crippen LogP contribution in [0.15, 0.2) is 66.5 Å². The Morgan fingerprint density at radius 2 is 1.93 bits per heavy atom. The number of nitrogens with one attached hydrogen (secondary N) is 1. The van der Waals surface area contributed by atoms with Gasteiger partial charge in [-0.05, 0) is 39.7 Å². The molecular weight excluding hydrogens is 342 g/mol. The van der Waals surface area contributed by atoms with E-state index in [9.17, 15) is 5.11 Å². The van der Waals surface area contributed by atoms with Crippen LogP contribution in [0, 0.1) is 0 Å². The van der Waals surface area contributed by atoms with E-state index in [1.54, 1.807) is 18.2 Å². The molecule has 0 amide bonds. The summed E-state index contributed by atoms with van der Waals surface area (Å²) in [6.07, 6.45) is 0. The van der Waals surface area contributed by atoms with Gasteiger partial charge >= 0.3 is 0 Å². The third kappa shape index (κ3) is 2.40. The zero-order chi connectivity index (χ0) is 18.4. The van der Waals surface area contributed by atoms with Crippen LogP contribution in [0.25, 0.3) is 16.3 Å². The molecule has 27 heavy (non-hydrogen) atoms. The van der Waals surface area contributed by atoms with E-state index in [0.29, 0.717) is 17.1 Å². The van der Waals surface area contributed by atoms with Crippen LogP contribution in [-0.2, 0) is 0 Å². The summed E-state index contributed by atoms with van der Waals surface area (Å²) in [4.78, 5) is 0. The largest absolute Gasteiger partial charge is 0.508 e. The number of hydrogen-bond donors (Lipinski definition) is 3. The Hall–Kier alpha value is -3.87. The van der Waals surface area contributed by atoms with Gasteiger partial charge in [-0.25, -0.2) is 0 Å². The number of ether oxygens (including phenoxy) is 1. The van der Waals surface area contributed by atoms with E-state index in [-0.39, 0.29) is 17.6 Å². The number of phenols is 1. The highest BCUT2D eigenvalue weighted by molar-refractivity contribution is 5.93. The number of nitrogens with two attached hydrogens (primary N) is 1. The molecule has 0 saturated carbocycles. The lowest BCUT2D eigenvalue weighted by atomic mass is 9.80. The number of aromatic nitrogens is 4. The Morgan fingerprint density at radius 3 is 2.74 bits per heavy atom. The van der Waals surface area contributed by atoms with Gasteiger partial charge in [-0.1, -0.05) is 42.5 Å². The second kappa shape index (κ2) is 5.84. The number of hydrogen-bond acceptors (Lipinski definition) is 6. The molecule has 4 N–H and O–H groups in total. The summed E-state index contributed by atoms with van der Waals surface area (Å²) in [5.74, 6) is 1.11. The third-order valence-electron chi connectivity index (χ3n) is 4.78. The smallest absolute Gasteiger partial charge is 0.206 e. The standard InChI is InChI=1S/C20H15N5O2/c21-19-18(20-22-24-25-23-20)16(12-5-3-6-13(26)10-12)17-14-7-2-1-4-11(14)8-9-15(17)27-19/h1-10,16,26H,21H2,(H,22,23,24,25). The van der Waals surface area contributed by atoms with E-state index in [1.165, 1.54) is 0 Å². The summed E-state index contributed by atoms with van der Waals surface area (Å²) in [6.45, 7) is 0. The summed E-state index contributed by atoms with van der Waals surface area (Å²) in [7, 11) is 0. The Bertz CT molecular complexity index is 1180. The Labute approximate surface area is 154 Å². The summed E-state index contributed by atoms with van der Waals surface area (Å²) in [5, 5.41) is 26.5. The number of benzene rings is 3. The van der Waals surface area contributed by atoms with E-state index in [0.717, 1.165) is 21.9 Å². The minimum absolute atomic E-state index is 0.173. The highest BCUT2D eigenvalue weighted by Gasteiger charge is 2.35. The Morgan fingerprint density at radius 1 is 1.04 bits per heavy atom. The quantitative estimate of drug-likeness (QED) is 0.509. The zero-order valence-corrected chi connectivity index (χ0v) is 14.1. The van der Waals surface area contributed by atoms with Crippen molar-refractivity contribution in [2.75, 3.05) is 0 Å². The molecule has 1 aliphatic heterocycles. The van der Waals surface area contributed by atoms with Gasteiger partial charge in [0.05, 0.1) is 5.57 Å². The minimum atomic E-state index is -0.315. The van der Waals surface area contributed by atoms with Gasteiger partial charge in [-0.15, -0.1) is 10.2 Å². The van der Waals surface area contributed by atoms with Gasteiger partial charge in [0, 0.05) is 11.5 Å². The van der Waals surface area contributed by atoms with Crippen LogP contribution < -0.4 is 10.5 Å². The molecule has 1 unspecified atom stereocenters. The van der Waals surface area contributed by atoms with Crippen molar-refractivity contribution in [3.8, 4) is 11.5 Å². The monoisotopic (exact) mass is 357 g/mol. The number of phenolic OH excluding ortho intramolecular Hbond substituents is 1. The van der Waals surface area contributed by atoms with Crippen molar-refractivity contribution >= 4 is 16.3 Å². The molecule has 0 saturated heterocycles. The van der Waals surface area contributed by atoms with Crippen molar-refractivity contribution in [2.24, 2.45) is 5.73 Å². The molecule has 7 heteroatoms. The van der Waals surface area contributed by atoms with Crippen molar-refractivity contribution in [2.45, 2.75) is 5.92 Å². The number of rotatable bonds is 2. The SMILES string of the molecule is NC1=C(c2nn[nH]n2)C(c2cccc(O)c2)c2c(ccc3ccccc23)O1. The molecule has 0 aliphatic carbocycles. The van der Waals surface area contributed by atoms with Crippen molar-refractivity contribution < 1.29 is 9.84 Å². The van der Waals surface area contributed by atoms with E-state index < -0.39 is 0 Å². The second-order valence-corrected chi connectivity index (χ2v) is 6.34. The number of nitrogens with zero attached hydrogens (tertiary/aromatic N) is 3. The molecule has 5 rings (SSSR count). The van der Waals surface area contributed by atoms with E-state index >= 15 is 0 Å². The zero-order valence-electron chi connectivity index (χ0n) is 14.1. The summed E-state index contributed by atoms with van der Waals surface area (Å²) in [5.41, 5.74) is 8.69. The van der Waals surface area contributed by atoms with Crippen LogP contribution in [0.3, 0.4) is 0 Å². The molecular formula is C20H15N5O2. The lowest BCUT2D eigenvalue weighted by molar-refractivity contribution is 0.405. The Kier molecular flexibility index (Phi) is 3.33. The van der Waals surface area contributed by atoms with Gasteiger partial charge in [-0.2, -0.15) is 5.21 Å². The summed E-state index contributed by atoms with van der Waals surface area (Å²) < 4.78 is 5.93. The van der Waals surface area contributed by atoms with Crippen molar-refractivity contribution in [3.05, 3.63) is 83.5 Å². The average molecular weight is 357 g/mol. The van der Waals surface area contributed by atoms with Gasteiger partial charge in [0.15, 0.2) is 5.88 Å². The van der Waals surface area contributed by atoms with Crippen molar-refractivity contribution in [1.29, 1.82) is 0 Å². The maximum Gasteiger partial charge on any atom is 0.206 e. The molecule has 1 aromatic heterocycles. The minimum Gasteiger partial charge on any atom is -0.508 e. The maximum absolute atomic E-state index is 10.1. The van der Waals surface area contributed by atoms with Crippen molar-refractivity contribution in [1.82, 2.24) is 20.6 Å². The van der Waals surface area contributed by atoms with E-state index in [1.807, 2.05) is 42.5 Å². The first kappa shape index (κ1) is 15.4. The van der Waals surface area contributed by atoms with Gasteiger partial charge < -0.3 is 15.6 Å². The van der Waals surface area contributed by atoms with Crippen LogP contribution in [0.5, 0.6) is 11.5 Å². The number of aromatic hydroxyl groups is 1. The molecule has 0 fully saturated rings. The molecule has 1 aliphatic rings. The highest BCUT2D eigenvalue weighted by atomic mass is 16.5. The Balaban J connectivity index is 1.86. The van der Waals surface area contributed by atoms with Gasteiger partial charge in [-0.3, -0.25) is 0 Å². The lowest BCUT2D eigenvalue weighted by Crippen LogP contribution is -2.22. The predicted octanol–water partition coefficient (Wildman–Crippen LogP) is 2.91. The molecule has 0 bridgehead atoms. The van der Waals surface area contributed by atoms with Crippen LogP contribution in [0.1, 0.15) is 22.9 Å². The second-order valence-electron chi connectivity index (χ2n) is 6.34. The van der Waals surface area contributed by atoms with Gasteiger partial charge in [0.2, 0.25) is 5.82 Å². The first-order chi connectivity index (χ1) is 13.2. The molecule has 1 atom stereocenters. The first-order valence-electron chi connectivity index (χ1n) is 8.44. The molecule has 132 valence electrons. The number of aromatic amines is 1. The summed E-state index contributed by atoms with van der Waals surface area (Å²) >= 11 is 0. The molecule has 4 aromatic rings. The number of allylic oxidation sites excluding steroid dienone is 1. The van der Waals surface area contributed by atoms with Gasteiger partial charge in [0.25, 0.3) is 0 Å². The fourth-order valence-electron chi connectivity index (χ4n) is 3.68. The van der Waals surface area contributed by atoms with Crippen LogP contribution in [0.4, 0.5) is 0 Å². The molecule has 0 spiro atoms. The van der Waals surface area contributed by atoms with E-state index in [4.69, 9.17) is 10.5 Å².